The summed E-state index contributed by atoms with van der Waals surface area (Å²) in [6.07, 6.45) is 16.2. The average molecular weight is 401 g/mol. The Balaban J connectivity index is 3.48. The van der Waals surface area contributed by atoms with Gasteiger partial charge in [-0.1, -0.05) is 97.3 Å². The number of carboxylic acid groups (broad SMARTS) is 1. The van der Waals surface area contributed by atoms with E-state index in [0.29, 0.717) is 12.8 Å². The molecule has 0 aliphatic rings. The highest BCUT2D eigenvalue weighted by Gasteiger charge is 2.18. The van der Waals surface area contributed by atoms with Crippen molar-refractivity contribution in [2.45, 2.75) is 135 Å². The number of aliphatic hydroxyl groups is 1. The van der Waals surface area contributed by atoms with E-state index in [1.54, 1.807) is 6.92 Å². The first kappa shape index (κ1) is 26.9. The Kier molecular flexibility index (Phi) is 18.5. The first-order chi connectivity index (χ1) is 13.5. The van der Waals surface area contributed by atoms with Crippen LogP contribution in [0, 0.1) is 0 Å². The van der Waals surface area contributed by atoms with Gasteiger partial charge in [0.25, 0.3) is 0 Å². The summed E-state index contributed by atoms with van der Waals surface area (Å²) < 4.78 is 5.12. The van der Waals surface area contributed by atoms with Crippen LogP contribution in [-0.2, 0) is 14.3 Å². The molecule has 28 heavy (non-hydrogen) atoms. The maximum atomic E-state index is 11.8. The van der Waals surface area contributed by atoms with E-state index >= 15 is 0 Å². The Morgan fingerprint density at radius 3 is 1.64 bits per heavy atom. The molecule has 0 aliphatic carbocycles. The normalized spacial score (nSPS) is 13.2. The molecule has 0 saturated heterocycles. The van der Waals surface area contributed by atoms with Crippen LogP contribution >= 0.6 is 0 Å². The molecule has 0 spiro atoms. The molecule has 0 saturated carbocycles. The molecule has 0 radical (unpaired) electrons. The van der Waals surface area contributed by atoms with E-state index in [2.05, 4.69) is 6.92 Å². The van der Waals surface area contributed by atoms with E-state index in [9.17, 15) is 14.7 Å². The number of hydrogen-bond acceptors (Lipinski definition) is 4. The van der Waals surface area contributed by atoms with Crippen LogP contribution in [-0.4, -0.2) is 34.4 Å². The van der Waals surface area contributed by atoms with Crippen LogP contribution in [0.4, 0.5) is 0 Å². The standard InChI is InChI=1S/C23H44O5/c1-3-5-6-7-8-9-10-11-12-13-14-15-16-17-20(24)18-23(27)28-21(4-2)19-22(25)26/h20-21,24H,3-19H2,1-2H3,(H,25,26). The molecule has 0 rings (SSSR count). The molecular weight excluding hydrogens is 356 g/mol. The van der Waals surface area contributed by atoms with Crippen molar-refractivity contribution in [3.05, 3.63) is 0 Å². The van der Waals surface area contributed by atoms with E-state index in [4.69, 9.17) is 9.84 Å². The number of carboxylic acids is 1. The summed E-state index contributed by atoms with van der Waals surface area (Å²) in [5.74, 6) is -1.48. The Morgan fingerprint density at radius 2 is 1.21 bits per heavy atom. The molecule has 2 N–H and O–H groups in total. The predicted octanol–water partition coefficient (Wildman–Crippen LogP) is 6.02. The molecule has 0 aliphatic heterocycles. The minimum absolute atomic E-state index is 0.0472. The second kappa shape index (κ2) is 19.2. The number of unbranched alkanes of at least 4 members (excludes halogenated alkanes) is 12. The molecule has 0 aromatic carbocycles. The van der Waals surface area contributed by atoms with Gasteiger partial charge >= 0.3 is 11.9 Å². The summed E-state index contributed by atoms with van der Waals surface area (Å²) in [5, 5.41) is 18.7. The Bertz CT molecular complexity index is 383. The van der Waals surface area contributed by atoms with Gasteiger partial charge in [0.2, 0.25) is 0 Å². The van der Waals surface area contributed by atoms with Gasteiger partial charge in [-0.3, -0.25) is 9.59 Å². The van der Waals surface area contributed by atoms with E-state index in [1.807, 2.05) is 0 Å². The van der Waals surface area contributed by atoms with Crippen molar-refractivity contribution in [1.29, 1.82) is 0 Å². The van der Waals surface area contributed by atoms with Crippen molar-refractivity contribution in [2.75, 3.05) is 0 Å². The van der Waals surface area contributed by atoms with Crippen molar-refractivity contribution < 1.29 is 24.5 Å². The fourth-order valence-electron chi connectivity index (χ4n) is 3.39. The topological polar surface area (TPSA) is 83.8 Å². The number of hydrogen-bond donors (Lipinski definition) is 2. The van der Waals surface area contributed by atoms with Crippen molar-refractivity contribution in [3.8, 4) is 0 Å². The molecular formula is C23H44O5. The van der Waals surface area contributed by atoms with Gasteiger partial charge in [-0.25, -0.2) is 0 Å². The van der Waals surface area contributed by atoms with E-state index in [-0.39, 0.29) is 12.8 Å². The fraction of sp³-hybridized carbons (Fsp3) is 0.913. The first-order valence-corrected chi connectivity index (χ1v) is 11.6. The third kappa shape index (κ3) is 18.3. The summed E-state index contributed by atoms with van der Waals surface area (Å²) >= 11 is 0. The van der Waals surface area contributed by atoms with Gasteiger partial charge in [0.1, 0.15) is 6.10 Å². The third-order valence-electron chi connectivity index (χ3n) is 5.20. The second-order valence-electron chi connectivity index (χ2n) is 8.01. The number of carbonyl (C=O) groups excluding carboxylic acids is 1. The van der Waals surface area contributed by atoms with Crippen LogP contribution < -0.4 is 0 Å². The molecule has 0 fully saturated rings. The van der Waals surface area contributed by atoms with Crippen molar-refractivity contribution >= 4 is 11.9 Å². The Labute approximate surface area is 172 Å². The summed E-state index contributed by atoms with van der Waals surface area (Å²) in [6.45, 7) is 4.03. The number of aliphatic hydroxyl groups excluding tert-OH is 1. The fourth-order valence-corrected chi connectivity index (χ4v) is 3.39. The monoisotopic (exact) mass is 400 g/mol. The summed E-state index contributed by atoms with van der Waals surface area (Å²) in [7, 11) is 0. The van der Waals surface area contributed by atoms with Crippen molar-refractivity contribution in [3.63, 3.8) is 0 Å². The molecule has 0 bridgehead atoms. The van der Waals surface area contributed by atoms with Gasteiger partial charge in [-0.05, 0) is 12.8 Å². The molecule has 0 aromatic rings. The lowest BCUT2D eigenvalue weighted by Gasteiger charge is -2.16. The van der Waals surface area contributed by atoms with Crippen LogP contribution in [0.1, 0.15) is 123 Å². The maximum absolute atomic E-state index is 11.8. The summed E-state index contributed by atoms with van der Waals surface area (Å²) in [4.78, 5) is 22.4. The quantitative estimate of drug-likeness (QED) is 0.193. The average Bonchev–Trinajstić information content (AvgIpc) is 2.64. The summed E-state index contributed by atoms with van der Waals surface area (Å²) in [6, 6.07) is 0. The van der Waals surface area contributed by atoms with E-state index < -0.39 is 24.1 Å². The molecule has 2 atom stereocenters. The number of rotatable bonds is 20. The van der Waals surface area contributed by atoms with Gasteiger partial charge in [-0.15, -0.1) is 0 Å². The molecule has 166 valence electrons. The largest absolute Gasteiger partial charge is 0.481 e. The molecule has 2 unspecified atom stereocenters. The Hall–Kier alpha value is -1.10. The molecule has 0 amide bonds. The van der Waals surface area contributed by atoms with Gasteiger partial charge in [0.05, 0.1) is 18.9 Å². The number of carbonyl (C=O) groups is 2. The van der Waals surface area contributed by atoms with E-state index in [1.165, 1.54) is 70.6 Å². The van der Waals surface area contributed by atoms with Gasteiger partial charge < -0.3 is 14.9 Å². The molecule has 5 heteroatoms. The smallest absolute Gasteiger partial charge is 0.308 e. The van der Waals surface area contributed by atoms with Crippen LogP contribution in [0.5, 0.6) is 0 Å². The third-order valence-corrected chi connectivity index (χ3v) is 5.20. The second-order valence-corrected chi connectivity index (χ2v) is 8.01. The lowest BCUT2D eigenvalue weighted by Crippen LogP contribution is -2.23. The zero-order valence-electron chi connectivity index (χ0n) is 18.3. The highest BCUT2D eigenvalue weighted by molar-refractivity contribution is 5.71. The minimum Gasteiger partial charge on any atom is -0.481 e. The van der Waals surface area contributed by atoms with Crippen molar-refractivity contribution in [2.24, 2.45) is 0 Å². The maximum Gasteiger partial charge on any atom is 0.308 e. The van der Waals surface area contributed by atoms with Crippen LogP contribution in [0.2, 0.25) is 0 Å². The summed E-state index contributed by atoms with van der Waals surface area (Å²) in [5.41, 5.74) is 0. The Morgan fingerprint density at radius 1 is 0.750 bits per heavy atom. The molecule has 5 nitrogen and oxygen atoms in total. The molecule has 0 heterocycles. The van der Waals surface area contributed by atoms with Crippen LogP contribution in [0.15, 0.2) is 0 Å². The molecule has 0 aromatic heterocycles. The van der Waals surface area contributed by atoms with Gasteiger partial charge in [0, 0.05) is 0 Å². The van der Waals surface area contributed by atoms with E-state index in [0.717, 1.165) is 12.8 Å². The lowest BCUT2D eigenvalue weighted by atomic mass is 10.0. The minimum atomic E-state index is -0.979. The van der Waals surface area contributed by atoms with Crippen LogP contribution in [0.25, 0.3) is 0 Å². The number of ether oxygens (including phenoxy) is 1. The first-order valence-electron chi connectivity index (χ1n) is 11.6. The van der Waals surface area contributed by atoms with Crippen molar-refractivity contribution in [1.82, 2.24) is 0 Å². The van der Waals surface area contributed by atoms with Gasteiger partial charge in [-0.2, -0.15) is 0 Å². The zero-order valence-corrected chi connectivity index (χ0v) is 18.3. The number of esters is 1. The number of aliphatic carboxylic acids is 1. The lowest BCUT2D eigenvalue weighted by molar-refractivity contribution is -0.154. The highest BCUT2D eigenvalue weighted by atomic mass is 16.5. The zero-order chi connectivity index (χ0) is 21.0. The van der Waals surface area contributed by atoms with Gasteiger partial charge in [0.15, 0.2) is 0 Å². The SMILES string of the molecule is CCCCCCCCCCCCCCCC(O)CC(=O)OC(CC)CC(=O)O. The highest BCUT2D eigenvalue weighted by Crippen LogP contribution is 2.14. The predicted molar refractivity (Wildman–Crippen MR) is 113 cm³/mol. The van der Waals surface area contributed by atoms with Crippen LogP contribution in [0.3, 0.4) is 0 Å².